The summed E-state index contributed by atoms with van der Waals surface area (Å²) in [7, 11) is 0. The number of halogens is 1. The van der Waals surface area contributed by atoms with Crippen molar-refractivity contribution in [1.82, 2.24) is 5.32 Å². The van der Waals surface area contributed by atoms with E-state index in [0.717, 1.165) is 29.7 Å². The summed E-state index contributed by atoms with van der Waals surface area (Å²) < 4.78 is 0. The maximum absolute atomic E-state index is 12.6. The summed E-state index contributed by atoms with van der Waals surface area (Å²) in [4.78, 5) is 13.6. The summed E-state index contributed by atoms with van der Waals surface area (Å²) in [5.74, 6) is 1.12. The van der Waals surface area contributed by atoms with E-state index in [2.05, 4.69) is 12.2 Å². The van der Waals surface area contributed by atoms with E-state index in [1.807, 2.05) is 30.5 Å². The van der Waals surface area contributed by atoms with Gasteiger partial charge in [-0.3, -0.25) is 4.79 Å². The van der Waals surface area contributed by atoms with Crippen molar-refractivity contribution >= 4 is 29.3 Å². The van der Waals surface area contributed by atoms with Gasteiger partial charge in [-0.15, -0.1) is 23.4 Å². The van der Waals surface area contributed by atoms with Gasteiger partial charge in [0.05, 0.1) is 11.1 Å². The molecule has 0 radical (unpaired) electrons. The topological polar surface area (TPSA) is 29.1 Å². The zero-order valence-electron chi connectivity index (χ0n) is 12.1. The molecule has 2 nitrogen and oxygen atoms in total. The molecule has 0 aromatic heterocycles. The molecule has 1 N–H and O–H groups in total. The van der Waals surface area contributed by atoms with Gasteiger partial charge in [-0.05, 0) is 37.1 Å². The molecule has 1 aliphatic carbocycles. The van der Waals surface area contributed by atoms with Crippen LogP contribution < -0.4 is 5.32 Å². The lowest BCUT2D eigenvalue weighted by atomic mass is 9.77. The highest BCUT2D eigenvalue weighted by atomic mass is 35.5. The van der Waals surface area contributed by atoms with Crippen LogP contribution >= 0.6 is 23.4 Å². The third kappa shape index (κ3) is 3.50. The molecule has 1 aliphatic rings. The highest BCUT2D eigenvalue weighted by Gasteiger charge is 2.36. The molecule has 110 valence electrons. The number of amides is 1. The van der Waals surface area contributed by atoms with Crippen LogP contribution in [0.5, 0.6) is 0 Å². The van der Waals surface area contributed by atoms with Gasteiger partial charge < -0.3 is 5.32 Å². The van der Waals surface area contributed by atoms with Crippen molar-refractivity contribution in [2.24, 2.45) is 5.92 Å². The van der Waals surface area contributed by atoms with E-state index in [-0.39, 0.29) is 11.4 Å². The van der Waals surface area contributed by atoms with E-state index in [1.54, 1.807) is 11.8 Å². The molecule has 2 atom stereocenters. The van der Waals surface area contributed by atoms with E-state index in [0.29, 0.717) is 11.8 Å². The maximum Gasteiger partial charge on any atom is 0.252 e. The quantitative estimate of drug-likeness (QED) is 0.662. The minimum Gasteiger partial charge on any atom is -0.345 e. The first-order chi connectivity index (χ1) is 9.60. The second-order valence-corrected chi connectivity index (χ2v) is 6.89. The zero-order valence-corrected chi connectivity index (χ0v) is 13.7. The largest absolute Gasteiger partial charge is 0.345 e. The van der Waals surface area contributed by atoms with Gasteiger partial charge in [0.2, 0.25) is 0 Å². The van der Waals surface area contributed by atoms with Gasteiger partial charge in [-0.2, -0.15) is 0 Å². The first kappa shape index (κ1) is 15.7. The molecule has 1 saturated carbocycles. The van der Waals surface area contributed by atoms with Gasteiger partial charge in [0.1, 0.15) is 0 Å². The van der Waals surface area contributed by atoms with Crippen LogP contribution in [0, 0.1) is 5.92 Å². The Hall–Kier alpha value is -0.670. The van der Waals surface area contributed by atoms with Crippen molar-refractivity contribution in [2.45, 2.75) is 43.0 Å². The second kappa shape index (κ2) is 6.86. The molecular weight excluding hydrogens is 290 g/mol. The molecule has 2 unspecified atom stereocenters. The van der Waals surface area contributed by atoms with Gasteiger partial charge in [0, 0.05) is 10.8 Å². The average Bonchev–Trinajstić information content (AvgIpc) is 2.47. The van der Waals surface area contributed by atoms with Gasteiger partial charge in [0.15, 0.2) is 0 Å². The minimum absolute atomic E-state index is 0.00435. The minimum atomic E-state index is -0.234. The molecule has 20 heavy (non-hydrogen) atoms. The van der Waals surface area contributed by atoms with Crippen LogP contribution in [0.4, 0.5) is 0 Å². The third-order valence-electron chi connectivity index (χ3n) is 4.08. The molecule has 1 amide bonds. The average molecular weight is 312 g/mol. The Morgan fingerprint density at radius 1 is 1.50 bits per heavy atom. The summed E-state index contributed by atoms with van der Waals surface area (Å²) in [5, 5.41) is 3.22. The van der Waals surface area contributed by atoms with Crippen molar-refractivity contribution in [3.05, 3.63) is 29.8 Å². The van der Waals surface area contributed by atoms with Crippen LogP contribution in [0.3, 0.4) is 0 Å². The second-order valence-electron chi connectivity index (χ2n) is 5.77. The fraction of sp³-hybridized carbons (Fsp3) is 0.562. The summed E-state index contributed by atoms with van der Waals surface area (Å²) in [6.07, 6.45) is 6.32. The Bertz CT molecular complexity index is 479. The lowest BCUT2D eigenvalue weighted by Crippen LogP contribution is -2.52. The molecule has 4 heteroatoms. The predicted molar refractivity (Wildman–Crippen MR) is 86.8 cm³/mol. The monoisotopic (exact) mass is 311 g/mol. The summed E-state index contributed by atoms with van der Waals surface area (Å²) in [5.41, 5.74) is 0.518. The number of alkyl halides is 1. The molecule has 0 saturated heterocycles. The number of rotatable bonds is 4. The Morgan fingerprint density at radius 2 is 2.25 bits per heavy atom. The lowest BCUT2D eigenvalue weighted by Gasteiger charge is -2.39. The van der Waals surface area contributed by atoms with E-state index in [1.165, 1.54) is 6.42 Å². The van der Waals surface area contributed by atoms with Crippen LogP contribution in [0.2, 0.25) is 0 Å². The fourth-order valence-electron chi connectivity index (χ4n) is 3.07. The molecule has 1 fully saturated rings. The van der Waals surface area contributed by atoms with Crippen LogP contribution in [0.1, 0.15) is 43.0 Å². The van der Waals surface area contributed by atoms with Gasteiger partial charge in [0.25, 0.3) is 5.91 Å². The van der Waals surface area contributed by atoms with E-state index in [4.69, 9.17) is 11.6 Å². The van der Waals surface area contributed by atoms with Gasteiger partial charge in [-0.25, -0.2) is 0 Å². The molecule has 0 heterocycles. The third-order valence-corrected chi connectivity index (χ3v) is 5.38. The Labute approximate surface area is 130 Å². The first-order valence-corrected chi connectivity index (χ1v) is 8.87. The van der Waals surface area contributed by atoms with Crippen molar-refractivity contribution in [1.29, 1.82) is 0 Å². The number of carbonyl (C=O) groups excluding carboxylic acids is 1. The molecule has 0 aliphatic heterocycles. The molecule has 2 rings (SSSR count). The number of nitrogens with one attached hydrogen (secondary N) is 1. The van der Waals surface area contributed by atoms with Crippen molar-refractivity contribution < 1.29 is 4.79 Å². The highest BCUT2D eigenvalue weighted by molar-refractivity contribution is 7.98. The zero-order chi connectivity index (χ0) is 14.6. The highest BCUT2D eigenvalue weighted by Crippen LogP contribution is 2.33. The maximum atomic E-state index is 12.6. The number of benzene rings is 1. The normalized spacial score (nSPS) is 26.2. The lowest BCUT2D eigenvalue weighted by molar-refractivity contribution is 0.0864. The van der Waals surface area contributed by atoms with E-state index < -0.39 is 0 Å². The van der Waals surface area contributed by atoms with Crippen molar-refractivity contribution in [2.75, 3.05) is 12.1 Å². The van der Waals surface area contributed by atoms with Crippen LogP contribution in [0.15, 0.2) is 29.2 Å². The molecule has 0 spiro atoms. The Morgan fingerprint density at radius 3 is 2.90 bits per heavy atom. The summed E-state index contributed by atoms with van der Waals surface area (Å²) >= 11 is 7.79. The van der Waals surface area contributed by atoms with Crippen LogP contribution in [-0.4, -0.2) is 23.6 Å². The summed E-state index contributed by atoms with van der Waals surface area (Å²) in [6, 6.07) is 7.74. The molecule has 1 aromatic carbocycles. The van der Waals surface area contributed by atoms with Crippen molar-refractivity contribution in [3.8, 4) is 0 Å². The van der Waals surface area contributed by atoms with E-state index >= 15 is 0 Å². The smallest absolute Gasteiger partial charge is 0.252 e. The molecule has 1 aromatic rings. The van der Waals surface area contributed by atoms with E-state index in [9.17, 15) is 4.79 Å². The predicted octanol–water partition coefficient (Wildman–Crippen LogP) is 4.33. The fourth-order valence-corrected chi connectivity index (χ4v) is 3.97. The Kier molecular flexibility index (Phi) is 5.39. The number of hydrogen-bond acceptors (Lipinski definition) is 2. The number of carbonyl (C=O) groups is 1. The van der Waals surface area contributed by atoms with Crippen molar-refractivity contribution in [3.63, 3.8) is 0 Å². The van der Waals surface area contributed by atoms with Crippen LogP contribution in [-0.2, 0) is 0 Å². The summed E-state index contributed by atoms with van der Waals surface area (Å²) in [6.45, 7) is 2.24. The molecular formula is C16H22ClNOS. The standard InChI is InChI=1S/C16H22ClNOS/c1-12-6-5-9-16(10-12,11-17)18-15(19)13-7-3-4-8-14(13)20-2/h3-4,7-8,12H,5-6,9-11H2,1-2H3,(H,18,19). The first-order valence-electron chi connectivity index (χ1n) is 7.12. The molecule has 0 bridgehead atoms. The number of hydrogen-bond donors (Lipinski definition) is 1. The Balaban J connectivity index is 2.17. The van der Waals surface area contributed by atoms with Crippen LogP contribution in [0.25, 0.3) is 0 Å². The van der Waals surface area contributed by atoms with Gasteiger partial charge >= 0.3 is 0 Å². The van der Waals surface area contributed by atoms with Gasteiger partial charge in [-0.1, -0.05) is 31.9 Å². The SMILES string of the molecule is CSc1ccccc1C(=O)NC1(CCl)CCCC(C)C1. The number of thioether (sulfide) groups is 1.